The van der Waals surface area contributed by atoms with E-state index < -0.39 is 18.6 Å². The van der Waals surface area contributed by atoms with Crippen LogP contribution >= 0.6 is 0 Å². The molecule has 2 saturated heterocycles. The van der Waals surface area contributed by atoms with E-state index in [0.717, 1.165) is 39.0 Å². The van der Waals surface area contributed by atoms with Gasteiger partial charge in [0, 0.05) is 12.6 Å². The molecule has 7 heteroatoms. The average molecular weight is 321 g/mol. The molecule has 2 fully saturated rings. The molecule has 1 N–H and O–H groups in total. The lowest BCUT2D eigenvalue weighted by atomic mass is 10.0. The Kier molecular flexibility index (Phi) is 6.50. The van der Waals surface area contributed by atoms with Gasteiger partial charge in [-0.2, -0.15) is 13.2 Å². The molecule has 0 saturated carbocycles. The molecule has 128 valence electrons. The Morgan fingerprint density at radius 2 is 1.73 bits per heavy atom. The van der Waals surface area contributed by atoms with Gasteiger partial charge >= 0.3 is 6.18 Å². The van der Waals surface area contributed by atoms with E-state index in [4.69, 9.17) is 0 Å². The van der Waals surface area contributed by atoms with E-state index in [0.29, 0.717) is 6.04 Å². The molecule has 2 aliphatic rings. The average Bonchev–Trinajstić information content (AvgIpc) is 2.74. The van der Waals surface area contributed by atoms with E-state index in [1.165, 1.54) is 25.7 Å². The van der Waals surface area contributed by atoms with Gasteiger partial charge in [0.05, 0.1) is 6.54 Å². The highest BCUT2D eigenvalue weighted by Gasteiger charge is 2.29. The number of halogens is 3. The van der Waals surface area contributed by atoms with Gasteiger partial charge in [-0.3, -0.25) is 14.6 Å². The number of rotatable bonds is 4. The molecule has 0 aromatic rings. The molecule has 2 rings (SSSR count). The van der Waals surface area contributed by atoms with Gasteiger partial charge in [-0.15, -0.1) is 0 Å². The number of nitrogens with zero attached hydrogens (tertiary/aromatic N) is 2. The maximum absolute atomic E-state index is 12.1. The molecule has 2 heterocycles. The standard InChI is InChI=1S/C15H26F3N3O/c16-15(17,18)12-19-14(22)11-20-7-5-6-13(10-20)21-8-3-1-2-4-9-21/h13H,1-12H2,(H,19,22)/t13-/m0/s1. The van der Waals surface area contributed by atoms with Crippen LogP contribution in [0.5, 0.6) is 0 Å². The molecule has 0 unspecified atom stereocenters. The molecular formula is C15H26F3N3O. The van der Waals surface area contributed by atoms with Crippen molar-refractivity contribution in [1.29, 1.82) is 0 Å². The Morgan fingerprint density at radius 3 is 2.36 bits per heavy atom. The maximum Gasteiger partial charge on any atom is 0.405 e. The van der Waals surface area contributed by atoms with Crippen LogP contribution in [0.15, 0.2) is 0 Å². The zero-order valence-electron chi connectivity index (χ0n) is 13.0. The molecule has 1 amide bonds. The molecule has 0 aromatic carbocycles. The van der Waals surface area contributed by atoms with Gasteiger partial charge < -0.3 is 5.32 Å². The molecule has 0 radical (unpaired) electrons. The summed E-state index contributed by atoms with van der Waals surface area (Å²) < 4.78 is 36.3. The van der Waals surface area contributed by atoms with Crippen LogP contribution in [0, 0.1) is 0 Å². The van der Waals surface area contributed by atoms with E-state index in [-0.39, 0.29) is 6.54 Å². The fourth-order valence-corrected chi connectivity index (χ4v) is 3.39. The number of alkyl halides is 3. The van der Waals surface area contributed by atoms with Crippen molar-refractivity contribution in [2.75, 3.05) is 39.3 Å². The summed E-state index contributed by atoms with van der Waals surface area (Å²) in [5.41, 5.74) is 0. The Bertz CT molecular complexity index is 354. The summed E-state index contributed by atoms with van der Waals surface area (Å²) in [5.74, 6) is -0.533. The lowest BCUT2D eigenvalue weighted by Crippen LogP contribution is -2.51. The highest BCUT2D eigenvalue weighted by molar-refractivity contribution is 5.78. The monoisotopic (exact) mass is 321 g/mol. The van der Waals surface area contributed by atoms with Gasteiger partial charge in [-0.1, -0.05) is 12.8 Å². The Balaban J connectivity index is 1.76. The van der Waals surface area contributed by atoms with Gasteiger partial charge in [-0.05, 0) is 45.3 Å². The second-order valence-electron chi connectivity index (χ2n) is 6.37. The van der Waals surface area contributed by atoms with E-state index in [1.807, 2.05) is 10.2 Å². The van der Waals surface area contributed by atoms with Gasteiger partial charge in [-0.25, -0.2) is 0 Å². The number of hydrogen-bond donors (Lipinski definition) is 1. The molecular weight excluding hydrogens is 295 g/mol. The zero-order chi connectivity index (χ0) is 16.0. The molecule has 4 nitrogen and oxygen atoms in total. The number of amides is 1. The molecule has 0 aromatic heterocycles. The number of hydrogen-bond acceptors (Lipinski definition) is 3. The topological polar surface area (TPSA) is 35.6 Å². The Morgan fingerprint density at radius 1 is 1.05 bits per heavy atom. The predicted octanol–water partition coefficient (Wildman–Crippen LogP) is 2.01. The SMILES string of the molecule is O=C(CN1CCC[C@H](N2CCCCCC2)C1)NCC(F)(F)F. The molecule has 2 aliphatic heterocycles. The van der Waals surface area contributed by atoms with Gasteiger partial charge in [0.1, 0.15) is 6.54 Å². The van der Waals surface area contributed by atoms with Crippen molar-refractivity contribution in [3.8, 4) is 0 Å². The minimum atomic E-state index is -4.34. The number of piperidine rings is 1. The third kappa shape index (κ3) is 6.12. The minimum absolute atomic E-state index is 0.0699. The van der Waals surface area contributed by atoms with Crippen LogP contribution in [-0.2, 0) is 4.79 Å². The van der Waals surface area contributed by atoms with E-state index in [9.17, 15) is 18.0 Å². The second kappa shape index (κ2) is 8.15. The van der Waals surface area contributed by atoms with Crippen LogP contribution in [0.3, 0.4) is 0 Å². The summed E-state index contributed by atoms with van der Waals surface area (Å²) >= 11 is 0. The van der Waals surface area contributed by atoms with Crippen LogP contribution < -0.4 is 5.32 Å². The van der Waals surface area contributed by atoms with Gasteiger partial charge in [0.25, 0.3) is 0 Å². The largest absolute Gasteiger partial charge is 0.405 e. The third-order valence-corrected chi connectivity index (χ3v) is 4.49. The Hall–Kier alpha value is -0.820. The zero-order valence-corrected chi connectivity index (χ0v) is 13.0. The normalized spacial score (nSPS) is 25.7. The maximum atomic E-state index is 12.1. The van der Waals surface area contributed by atoms with Crippen molar-refractivity contribution in [2.45, 2.75) is 50.7 Å². The summed E-state index contributed by atoms with van der Waals surface area (Å²) in [6.45, 7) is 2.64. The van der Waals surface area contributed by atoms with Crippen molar-refractivity contribution in [3.63, 3.8) is 0 Å². The smallest absolute Gasteiger partial charge is 0.346 e. The third-order valence-electron chi connectivity index (χ3n) is 4.49. The first kappa shape index (κ1) is 17.5. The van der Waals surface area contributed by atoms with Crippen molar-refractivity contribution >= 4 is 5.91 Å². The van der Waals surface area contributed by atoms with Gasteiger partial charge in [0.2, 0.25) is 5.91 Å². The first-order chi connectivity index (χ1) is 10.4. The van der Waals surface area contributed by atoms with Crippen molar-refractivity contribution in [3.05, 3.63) is 0 Å². The predicted molar refractivity (Wildman–Crippen MR) is 78.6 cm³/mol. The van der Waals surface area contributed by atoms with Crippen LogP contribution in [0.2, 0.25) is 0 Å². The lowest BCUT2D eigenvalue weighted by Gasteiger charge is -2.38. The quantitative estimate of drug-likeness (QED) is 0.860. The molecule has 1 atom stereocenters. The first-order valence-corrected chi connectivity index (χ1v) is 8.24. The van der Waals surface area contributed by atoms with Crippen molar-refractivity contribution in [2.24, 2.45) is 0 Å². The van der Waals surface area contributed by atoms with E-state index >= 15 is 0 Å². The number of carbonyl (C=O) groups is 1. The first-order valence-electron chi connectivity index (χ1n) is 8.24. The highest BCUT2D eigenvalue weighted by Crippen LogP contribution is 2.20. The number of carbonyl (C=O) groups excluding carboxylic acids is 1. The van der Waals surface area contributed by atoms with Crippen LogP contribution in [0.25, 0.3) is 0 Å². The van der Waals surface area contributed by atoms with E-state index in [1.54, 1.807) is 0 Å². The summed E-state index contributed by atoms with van der Waals surface area (Å²) in [6.07, 6.45) is 2.81. The van der Waals surface area contributed by atoms with Crippen molar-refractivity contribution in [1.82, 2.24) is 15.1 Å². The summed E-state index contributed by atoms with van der Waals surface area (Å²) in [6, 6.07) is 0.447. The molecule has 0 bridgehead atoms. The van der Waals surface area contributed by atoms with E-state index in [2.05, 4.69) is 4.90 Å². The number of nitrogens with one attached hydrogen (secondary N) is 1. The second-order valence-corrected chi connectivity index (χ2v) is 6.37. The Labute approximate surface area is 130 Å². The highest BCUT2D eigenvalue weighted by atomic mass is 19.4. The molecule has 0 spiro atoms. The summed E-state index contributed by atoms with van der Waals surface area (Å²) in [4.78, 5) is 16.1. The van der Waals surface area contributed by atoms with Crippen LogP contribution in [0.1, 0.15) is 38.5 Å². The minimum Gasteiger partial charge on any atom is -0.346 e. The molecule has 0 aliphatic carbocycles. The lowest BCUT2D eigenvalue weighted by molar-refractivity contribution is -0.139. The fourth-order valence-electron chi connectivity index (χ4n) is 3.39. The van der Waals surface area contributed by atoms with Crippen LogP contribution in [-0.4, -0.2) is 67.2 Å². The fraction of sp³-hybridized carbons (Fsp3) is 0.933. The van der Waals surface area contributed by atoms with Crippen molar-refractivity contribution < 1.29 is 18.0 Å². The molecule has 22 heavy (non-hydrogen) atoms. The van der Waals surface area contributed by atoms with Gasteiger partial charge in [0.15, 0.2) is 0 Å². The summed E-state index contributed by atoms with van der Waals surface area (Å²) in [5, 5.41) is 1.96. The summed E-state index contributed by atoms with van der Waals surface area (Å²) in [7, 11) is 0. The van der Waals surface area contributed by atoms with Crippen LogP contribution in [0.4, 0.5) is 13.2 Å². The number of likely N-dealkylation sites (tertiary alicyclic amines) is 2.